The minimum atomic E-state index is -0.919. The van der Waals surface area contributed by atoms with Crippen molar-refractivity contribution in [1.82, 2.24) is 4.40 Å². The molecule has 0 unspecified atom stereocenters. The van der Waals surface area contributed by atoms with E-state index in [4.69, 9.17) is 4.74 Å². The van der Waals surface area contributed by atoms with Crippen LogP contribution in [0.3, 0.4) is 0 Å². The molecule has 3 rings (SSSR count). The fourth-order valence-electron chi connectivity index (χ4n) is 3.76. The van der Waals surface area contributed by atoms with E-state index < -0.39 is 5.97 Å². The van der Waals surface area contributed by atoms with Gasteiger partial charge < -0.3 is 14.2 Å². The molecule has 2 aromatic heterocycles. The molecule has 4 nitrogen and oxygen atoms in total. The summed E-state index contributed by atoms with van der Waals surface area (Å²) in [6, 6.07) is 9.81. The quantitative estimate of drug-likeness (QED) is 0.566. The highest BCUT2D eigenvalue weighted by Gasteiger charge is 2.29. The van der Waals surface area contributed by atoms with Crippen LogP contribution in [0.5, 0.6) is 5.75 Å². The molecule has 0 saturated heterocycles. The molecule has 2 heterocycles. The average Bonchev–Trinajstić information content (AvgIpc) is 2.99. The second-order valence-electron chi connectivity index (χ2n) is 9.55. The topological polar surface area (TPSA) is 50.9 Å². The molecule has 0 spiro atoms. The van der Waals surface area contributed by atoms with Crippen molar-refractivity contribution in [1.29, 1.82) is 0 Å². The number of nitrogens with zero attached hydrogens (tertiary/aromatic N) is 1. The van der Waals surface area contributed by atoms with Crippen molar-refractivity contribution in [3.63, 3.8) is 0 Å². The molecule has 0 aliphatic rings. The molecule has 0 atom stereocenters. The molecule has 0 radical (unpaired) electrons. The van der Waals surface area contributed by atoms with Crippen molar-refractivity contribution in [2.75, 3.05) is 6.61 Å². The van der Waals surface area contributed by atoms with Crippen molar-refractivity contribution in [2.45, 2.75) is 59.3 Å². The zero-order valence-corrected chi connectivity index (χ0v) is 18.5. The van der Waals surface area contributed by atoms with Gasteiger partial charge in [-0.05, 0) is 47.6 Å². The normalized spacial score (nSPS) is 12.4. The maximum atomic E-state index is 12.2. The van der Waals surface area contributed by atoms with Crippen LogP contribution in [-0.4, -0.2) is 22.1 Å². The highest BCUT2D eigenvalue weighted by molar-refractivity contribution is 6.03. The Morgan fingerprint density at radius 1 is 1.03 bits per heavy atom. The molecule has 0 fully saturated rings. The maximum absolute atomic E-state index is 12.2. The predicted molar refractivity (Wildman–Crippen MR) is 118 cm³/mol. The number of pyridine rings is 1. The van der Waals surface area contributed by atoms with Gasteiger partial charge in [0.15, 0.2) is 0 Å². The van der Waals surface area contributed by atoms with Gasteiger partial charge in [0.1, 0.15) is 5.75 Å². The molecular weight excluding hydrogens is 362 g/mol. The van der Waals surface area contributed by atoms with Gasteiger partial charge in [0.2, 0.25) is 0 Å². The molecule has 1 aromatic carbocycles. The summed E-state index contributed by atoms with van der Waals surface area (Å²) in [5.74, 6) is -0.00547. The summed E-state index contributed by atoms with van der Waals surface area (Å²) >= 11 is 0. The number of carboxylic acids is 1. The third-order valence-electron chi connectivity index (χ3n) is 5.20. The van der Waals surface area contributed by atoms with E-state index in [9.17, 15) is 9.90 Å². The van der Waals surface area contributed by atoms with Gasteiger partial charge in [-0.25, -0.2) is 4.79 Å². The van der Waals surface area contributed by atoms with Crippen molar-refractivity contribution < 1.29 is 14.6 Å². The summed E-state index contributed by atoms with van der Waals surface area (Å²) in [6.07, 6.45) is 3.79. The van der Waals surface area contributed by atoms with Crippen LogP contribution in [0.4, 0.5) is 0 Å². The Morgan fingerprint density at radius 2 is 1.62 bits per heavy atom. The Morgan fingerprint density at radius 3 is 2.10 bits per heavy atom. The summed E-state index contributed by atoms with van der Waals surface area (Å²) in [6.45, 7) is 15.6. The SMILES string of the molecule is CCOc1c(C(C)(C)C)cc(-c2cn3ccccc3c2C(=O)O)cc1C(C)(C)C. The van der Waals surface area contributed by atoms with Crippen LogP contribution in [0.15, 0.2) is 42.7 Å². The first kappa shape index (κ1) is 21.0. The van der Waals surface area contributed by atoms with Crippen molar-refractivity contribution >= 4 is 11.5 Å². The number of aromatic nitrogens is 1. The van der Waals surface area contributed by atoms with Crippen molar-refractivity contribution in [2.24, 2.45) is 0 Å². The Bertz CT molecular complexity index is 1030. The number of rotatable bonds is 4. The van der Waals surface area contributed by atoms with E-state index in [1.54, 1.807) is 0 Å². The number of fused-ring (bicyclic) bond motifs is 1. The van der Waals surface area contributed by atoms with Crippen LogP contribution >= 0.6 is 0 Å². The Kier molecular flexibility index (Phi) is 5.24. The number of carbonyl (C=O) groups is 1. The third-order valence-corrected chi connectivity index (χ3v) is 5.20. The summed E-state index contributed by atoms with van der Waals surface area (Å²) in [4.78, 5) is 12.2. The van der Waals surface area contributed by atoms with Crippen molar-refractivity contribution in [3.05, 3.63) is 59.4 Å². The first-order valence-electron chi connectivity index (χ1n) is 10.1. The number of carboxylic acid groups (broad SMARTS) is 1. The Hall–Kier alpha value is -2.75. The number of ether oxygens (including phenoxy) is 1. The Balaban J connectivity index is 2.41. The molecule has 0 aliphatic heterocycles. The molecule has 0 saturated carbocycles. The third kappa shape index (κ3) is 3.89. The summed E-state index contributed by atoms with van der Waals surface area (Å²) in [5, 5.41) is 9.97. The number of aromatic carboxylic acids is 1. The first-order valence-corrected chi connectivity index (χ1v) is 10.1. The fraction of sp³-hybridized carbons (Fsp3) is 0.400. The van der Waals surface area contributed by atoms with Crippen LogP contribution < -0.4 is 4.74 Å². The van der Waals surface area contributed by atoms with Gasteiger partial charge in [-0.2, -0.15) is 0 Å². The number of hydrogen-bond acceptors (Lipinski definition) is 2. The van der Waals surface area contributed by atoms with E-state index in [0.29, 0.717) is 17.7 Å². The largest absolute Gasteiger partial charge is 0.493 e. The summed E-state index contributed by atoms with van der Waals surface area (Å²) < 4.78 is 8.00. The molecule has 1 N–H and O–H groups in total. The Labute approximate surface area is 173 Å². The molecule has 4 heteroatoms. The van der Waals surface area contributed by atoms with E-state index in [1.165, 1.54) is 0 Å². The standard InChI is InChI=1S/C25H31NO3/c1-8-29-22-18(24(2,3)4)13-16(14-19(22)25(5,6)7)17-15-26-12-10-9-11-20(26)21(17)23(27)28/h9-15H,8H2,1-7H3,(H,27,28). The molecule has 0 aliphatic carbocycles. The van der Waals surface area contributed by atoms with Crippen LogP contribution in [0.2, 0.25) is 0 Å². The van der Waals surface area contributed by atoms with Crippen LogP contribution in [0, 0.1) is 0 Å². The second-order valence-corrected chi connectivity index (χ2v) is 9.55. The van der Waals surface area contributed by atoms with Gasteiger partial charge in [0, 0.05) is 29.1 Å². The number of benzene rings is 1. The molecule has 3 aromatic rings. The molecule has 0 amide bonds. The predicted octanol–water partition coefficient (Wildman–Crippen LogP) is 6.30. The lowest BCUT2D eigenvalue weighted by Gasteiger charge is -2.30. The monoisotopic (exact) mass is 393 g/mol. The molecule has 29 heavy (non-hydrogen) atoms. The maximum Gasteiger partial charge on any atom is 0.338 e. The second kappa shape index (κ2) is 7.25. The van der Waals surface area contributed by atoms with Gasteiger partial charge >= 0.3 is 5.97 Å². The fourth-order valence-corrected chi connectivity index (χ4v) is 3.76. The van der Waals surface area contributed by atoms with Crippen LogP contribution in [0.1, 0.15) is 70.0 Å². The summed E-state index contributed by atoms with van der Waals surface area (Å²) in [7, 11) is 0. The smallest absolute Gasteiger partial charge is 0.338 e. The highest BCUT2D eigenvalue weighted by atomic mass is 16.5. The van der Waals surface area contributed by atoms with E-state index in [1.807, 2.05) is 41.9 Å². The van der Waals surface area contributed by atoms with Gasteiger partial charge in [-0.1, -0.05) is 47.6 Å². The van der Waals surface area contributed by atoms with E-state index in [2.05, 4.69) is 53.7 Å². The average molecular weight is 394 g/mol. The molecule has 154 valence electrons. The zero-order valence-electron chi connectivity index (χ0n) is 18.5. The van der Waals surface area contributed by atoms with Gasteiger partial charge in [0.25, 0.3) is 0 Å². The van der Waals surface area contributed by atoms with E-state index >= 15 is 0 Å². The lowest BCUT2D eigenvalue weighted by Crippen LogP contribution is -2.20. The first-order chi connectivity index (χ1) is 13.4. The van der Waals surface area contributed by atoms with E-state index in [-0.39, 0.29) is 10.8 Å². The van der Waals surface area contributed by atoms with Gasteiger partial charge in [-0.15, -0.1) is 0 Å². The minimum Gasteiger partial charge on any atom is -0.493 e. The van der Waals surface area contributed by atoms with Crippen molar-refractivity contribution in [3.8, 4) is 16.9 Å². The number of hydrogen-bond donors (Lipinski definition) is 1. The van der Waals surface area contributed by atoms with Gasteiger partial charge in [-0.3, -0.25) is 0 Å². The lowest BCUT2D eigenvalue weighted by atomic mass is 9.77. The highest BCUT2D eigenvalue weighted by Crippen LogP contribution is 2.43. The van der Waals surface area contributed by atoms with Gasteiger partial charge in [0.05, 0.1) is 17.7 Å². The van der Waals surface area contributed by atoms with Crippen LogP contribution in [0.25, 0.3) is 16.6 Å². The summed E-state index contributed by atoms with van der Waals surface area (Å²) in [5.41, 5.74) is 4.54. The van der Waals surface area contributed by atoms with Crippen LogP contribution in [-0.2, 0) is 10.8 Å². The zero-order chi connectivity index (χ0) is 21.6. The molecular formula is C25H31NO3. The minimum absolute atomic E-state index is 0.150. The van der Waals surface area contributed by atoms with E-state index in [0.717, 1.165) is 28.0 Å². The lowest BCUT2D eigenvalue weighted by molar-refractivity contribution is 0.0700. The molecule has 0 bridgehead atoms.